The summed E-state index contributed by atoms with van der Waals surface area (Å²) >= 11 is 7.73. The van der Waals surface area contributed by atoms with Gasteiger partial charge in [-0.1, -0.05) is 11.6 Å². The zero-order valence-corrected chi connectivity index (χ0v) is 18.4. The van der Waals surface area contributed by atoms with Crippen molar-refractivity contribution in [2.45, 2.75) is 20.3 Å². The zero-order chi connectivity index (χ0) is 17.4. The number of hydrogen-bond donors (Lipinski definition) is 2. The molecule has 0 bridgehead atoms. The maximum Gasteiger partial charge on any atom is 0.232 e. The van der Waals surface area contributed by atoms with Crippen molar-refractivity contribution in [3.63, 3.8) is 0 Å². The van der Waals surface area contributed by atoms with Crippen LogP contribution in [0.2, 0.25) is 5.02 Å². The van der Waals surface area contributed by atoms with Crippen molar-refractivity contribution >= 4 is 52.9 Å². The molecule has 2 N–H and O–H groups in total. The van der Waals surface area contributed by atoms with Gasteiger partial charge in [-0.3, -0.25) is 4.99 Å². The van der Waals surface area contributed by atoms with E-state index in [2.05, 4.69) is 32.5 Å². The van der Waals surface area contributed by atoms with Crippen LogP contribution in [-0.2, 0) is 6.42 Å². The summed E-state index contributed by atoms with van der Waals surface area (Å²) in [7, 11) is 1.74. The highest BCUT2D eigenvalue weighted by Crippen LogP contribution is 2.19. The normalized spacial score (nSPS) is 11.0. The summed E-state index contributed by atoms with van der Waals surface area (Å²) in [4.78, 5) is 14.1. The van der Waals surface area contributed by atoms with Crippen LogP contribution in [0.15, 0.2) is 23.3 Å². The zero-order valence-electron chi connectivity index (χ0n) is 14.5. The van der Waals surface area contributed by atoms with Gasteiger partial charge >= 0.3 is 0 Å². The lowest BCUT2D eigenvalue weighted by atomic mass is 10.4. The van der Waals surface area contributed by atoms with Gasteiger partial charge in [0.25, 0.3) is 0 Å². The molecule has 0 saturated heterocycles. The van der Waals surface area contributed by atoms with Crippen LogP contribution in [-0.4, -0.2) is 42.7 Å². The third-order valence-corrected chi connectivity index (χ3v) is 4.71. The third-order valence-electron chi connectivity index (χ3n) is 3.29. The van der Waals surface area contributed by atoms with Crippen molar-refractivity contribution in [3.05, 3.63) is 38.9 Å². The van der Waals surface area contributed by atoms with Crippen molar-refractivity contribution in [3.8, 4) is 5.88 Å². The number of nitrogens with one attached hydrogen (secondary N) is 2. The molecule has 0 radical (unpaired) electrons. The summed E-state index contributed by atoms with van der Waals surface area (Å²) in [6.45, 7) is 5.96. The third kappa shape index (κ3) is 7.33. The Hall–Kier alpha value is -1.13. The van der Waals surface area contributed by atoms with Gasteiger partial charge in [0.15, 0.2) is 5.96 Å². The number of aliphatic imine (C=N–C) groups is 1. The lowest BCUT2D eigenvalue weighted by Gasteiger charge is -2.12. The molecular formula is C16H23ClIN5OS. The van der Waals surface area contributed by atoms with Crippen molar-refractivity contribution in [1.82, 2.24) is 20.6 Å². The summed E-state index contributed by atoms with van der Waals surface area (Å²) in [6.07, 6.45) is 2.53. The number of aromatic nitrogens is 2. The molecule has 2 heterocycles. The molecule has 138 valence electrons. The summed E-state index contributed by atoms with van der Waals surface area (Å²) in [5.41, 5.74) is 1.11. The second kappa shape index (κ2) is 11.5. The van der Waals surface area contributed by atoms with Gasteiger partial charge in [0.1, 0.15) is 11.6 Å². The first kappa shape index (κ1) is 21.9. The maximum absolute atomic E-state index is 5.98. The second-order valence-electron chi connectivity index (χ2n) is 5.06. The quantitative estimate of drug-likeness (QED) is 0.267. The predicted molar refractivity (Wildman–Crippen MR) is 115 cm³/mol. The first-order chi connectivity index (χ1) is 11.6. The Labute approximate surface area is 174 Å². The number of guanidine groups is 1. The number of halogens is 2. The van der Waals surface area contributed by atoms with Gasteiger partial charge in [-0.05, 0) is 26.0 Å². The Balaban J connectivity index is 0.00000312. The van der Waals surface area contributed by atoms with E-state index in [0.29, 0.717) is 24.1 Å². The number of rotatable bonds is 7. The Morgan fingerprint density at radius 2 is 2.08 bits per heavy atom. The van der Waals surface area contributed by atoms with E-state index in [1.807, 2.05) is 6.92 Å². The van der Waals surface area contributed by atoms with Crippen molar-refractivity contribution in [2.24, 2.45) is 4.99 Å². The SMILES string of the molecule is CN=C(NCCOc1ncccc1Cl)NCCc1nc(C)c(C)s1.I. The minimum absolute atomic E-state index is 0. The lowest BCUT2D eigenvalue weighted by Crippen LogP contribution is -2.40. The molecule has 0 aliphatic carbocycles. The fourth-order valence-electron chi connectivity index (χ4n) is 1.95. The number of pyridine rings is 1. The highest BCUT2D eigenvalue weighted by molar-refractivity contribution is 14.0. The maximum atomic E-state index is 5.98. The summed E-state index contributed by atoms with van der Waals surface area (Å²) in [6, 6.07) is 3.52. The molecule has 2 aromatic rings. The van der Waals surface area contributed by atoms with Crippen LogP contribution in [0.1, 0.15) is 15.6 Å². The molecule has 0 atom stereocenters. The fraction of sp³-hybridized carbons (Fsp3) is 0.438. The average molecular weight is 496 g/mol. The number of ether oxygens (including phenoxy) is 1. The van der Waals surface area contributed by atoms with E-state index in [1.165, 1.54) is 4.88 Å². The molecule has 0 spiro atoms. The number of thiazole rings is 1. The molecule has 2 aromatic heterocycles. The molecule has 0 saturated carbocycles. The van der Waals surface area contributed by atoms with Gasteiger partial charge in [0.2, 0.25) is 5.88 Å². The molecule has 25 heavy (non-hydrogen) atoms. The molecule has 6 nitrogen and oxygen atoms in total. The van der Waals surface area contributed by atoms with Gasteiger partial charge in [0, 0.05) is 31.1 Å². The van der Waals surface area contributed by atoms with Crippen LogP contribution in [0, 0.1) is 13.8 Å². The Bertz CT molecular complexity index is 675. The van der Waals surface area contributed by atoms with E-state index in [-0.39, 0.29) is 24.0 Å². The Kier molecular flexibility index (Phi) is 10.1. The Morgan fingerprint density at radius 1 is 1.32 bits per heavy atom. The number of aryl methyl sites for hydroxylation is 2. The monoisotopic (exact) mass is 495 g/mol. The summed E-state index contributed by atoms with van der Waals surface area (Å²) in [5.74, 6) is 1.18. The van der Waals surface area contributed by atoms with Crippen LogP contribution >= 0.6 is 46.9 Å². The van der Waals surface area contributed by atoms with Gasteiger partial charge < -0.3 is 15.4 Å². The van der Waals surface area contributed by atoms with Crippen LogP contribution in [0.5, 0.6) is 5.88 Å². The lowest BCUT2D eigenvalue weighted by molar-refractivity contribution is 0.310. The first-order valence-corrected chi connectivity index (χ1v) is 8.90. The van der Waals surface area contributed by atoms with Gasteiger partial charge in [-0.2, -0.15) is 0 Å². The van der Waals surface area contributed by atoms with Crippen LogP contribution < -0.4 is 15.4 Å². The van der Waals surface area contributed by atoms with Gasteiger partial charge in [0.05, 0.1) is 17.2 Å². The molecule has 0 fully saturated rings. The van der Waals surface area contributed by atoms with E-state index in [4.69, 9.17) is 16.3 Å². The fourth-order valence-corrected chi connectivity index (χ4v) is 3.06. The minimum atomic E-state index is 0. The molecule has 0 aliphatic rings. The molecule has 0 aromatic carbocycles. The smallest absolute Gasteiger partial charge is 0.232 e. The van der Waals surface area contributed by atoms with Crippen molar-refractivity contribution < 1.29 is 4.74 Å². The van der Waals surface area contributed by atoms with E-state index in [1.54, 1.807) is 36.7 Å². The highest BCUT2D eigenvalue weighted by Gasteiger charge is 2.05. The molecular weight excluding hydrogens is 473 g/mol. The van der Waals surface area contributed by atoms with Crippen LogP contribution in [0.4, 0.5) is 0 Å². The largest absolute Gasteiger partial charge is 0.475 e. The minimum Gasteiger partial charge on any atom is -0.475 e. The van der Waals surface area contributed by atoms with E-state index in [0.717, 1.165) is 29.6 Å². The van der Waals surface area contributed by atoms with E-state index < -0.39 is 0 Å². The molecule has 0 unspecified atom stereocenters. The predicted octanol–water partition coefficient (Wildman–Crippen LogP) is 3.21. The topological polar surface area (TPSA) is 71.4 Å². The standard InChI is InChI=1S/C16H22ClN5OS.HI/c1-11-12(2)24-14(22-11)6-8-20-16(18-3)21-9-10-23-15-13(17)5-4-7-19-15;/h4-5,7H,6,8-10H2,1-3H3,(H2,18,20,21);1H. The molecule has 0 amide bonds. The van der Waals surface area contributed by atoms with E-state index in [9.17, 15) is 0 Å². The number of nitrogens with zero attached hydrogens (tertiary/aromatic N) is 3. The Morgan fingerprint density at radius 3 is 2.72 bits per heavy atom. The molecule has 9 heteroatoms. The average Bonchev–Trinajstić information content (AvgIpc) is 2.89. The van der Waals surface area contributed by atoms with Gasteiger partial charge in [-0.15, -0.1) is 35.3 Å². The molecule has 0 aliphatic heterocycles. The summed E-state index contributed by atoms with van der Waals surface area (Å²) < 4.78 is 5.52. The highest BCUT2D eigenvalue weighted by atomic mass is 127. The van der Waals surface area contributed by atoms with Gasteiger partial charge in [-0.25, -0.2) is 9.97 Å². The second-order valence-corrected chi connectivity index (χ2v) is 6.76. The number of hydrogen-bond acceptors (Lipinski definition) is 5. The molecule has 2 rings (SSSR count). The van der Waals surface area contributed by atoms with Crippen molar-refractivity contribution in [1.29, 1.82) is 0 Å². The van der Waals surface area contributed by atoms with Crippen LogP contribution in [0.25, 0.3) is 0 Å². The summed E-state index contributed by atoms with van der Waals surface area (Å²) in [5, 5.41) is 8.10. The first-order valence-electron chi connectivity index (χ1n) is 7.71. The van der Waals surface area contributed by atoms with Crippen LogP contribution in [0.3, 0.4) is 0 Å². The van der Waals surface area contributed by atoms with E-state index >= 15 is 0 Å². The van der Waals surface area contributed by atoms with Crippen molar-refractivity contribution in [2.75, 3.05) is 26.7 Å².